The Morgan fingerprint density at radius 3 is 2.12 bits per heavy atom. The smallest absolute Gasteiger partial charge is 0.156 e. The fraction of sp³-hybridized carbons (Fsp3) is 0.667. The van der Waals surface area contributed by atoms with E-state index >= 15 is 0 Å². The molecular weight excluding hydrogens is 196 g/mol. The molecular formula is C15H24O. The molecule has 0 amide bonds. The highest BCUT2D eigenvalue weighted by Gasteiger charge is 2.39. The molecule has 0 radical (unpaired) electrons. The van der Waals surface area contributed by atoms with Gasteiger partial charge in [0.15, 0.2) is 5.78 Å². The number of ketones is 1. The lowest BCUT2D eigenvalue weighted by atomic mass is 9.62. The molecule has 0 bridgehead atoms. The summed E-state index contributed by atoms with van der Waals surface area (Å²) in [5.74, 6) is 0.221. The van der Waals surface area contributed by atoms with Gasteiger partial charge in [-0.25, -0.2) is 0 Å². The molecule has 0 aromatic carbocycles. The highest BCUT2D eigenvalue weighted by atomic mass is 16.1. The van der Waals surface area contributed by atoms with E-state index in [2.05, 4.69) is 47.6 Å². The number of carbonyl (C=O) groups excluding carboxylic acids is 1. The molecule has 1 aliphatic carbocycles. The minimum atomic E-state index is -0.114. The number of hydrogen-bond donors (Lipinski definition) is 0. The van der Waals surface area contributed by atoms with Crippen LogP contribution in [0.5, 0.6) is 0 Å². The zero-order chi connectivity index (χ0) is 12.7. The van der Waals surface area contributed by atoms with Crippen LogP contribution in [0.25, 0.3) is 0 Å². The molecule has 0 saturated carbocycles. The van der Waals surface area contributed by atoms with Crippen molar-refractivity contribution in [1.82, 2.24) is 0 Å². The molecule has 1 nitrogen and oxygen atoms in total. The first-order chi connectivity index (χ1) is 7.14. The molecule has 0 aromatic rings. The number of Topliss-reactive ketones (excluding diaryl/α,β-unsaturated/α-hetero) is 1. The van der Waals surface area contributed by atoms with Crippen LogP contribution >= 0.6 is 0 Å². The van der Waals surface area contributed by atoms with E-state index in [-0.39, 0.29) is 16.6 Å². The normalized spacial score (nSPS) is 23.1. The third-order valence-electron chi connectivity index (χ3n) is 3.97. The summed E-state index contributed by atoms with van der Waals surface area (Å²) < 4.78 is 0. The third-order valence-corrected chi connectivity index (χ3v) is 3.97. The number of rotatable bonds is 2. The quantitative estimate of drug-likeness (QED) is 0.634. The van der Waals surface area contributed by atoms with Gasteiger partial charge in [-0.2, -0.15) is 0 Å². The molecule has 0 aromatic heterocycles. The van der Waals surface area contributed by atoms with E-state index in [0.29, 0.717) is 0 Å². The van der Waals surface area contributed by atoms with Crippen LogP contribution in [0.2, 0.25) is 0 Å². The van der Waals surface area contributed by atoms with Gasteiger partial charge in [0.2, 0.25) is 0 Å². The average molecular weight is 220 g/mol. The predicted octanol–water partition coefficient (Wildman–Crippen LogP) is 4.29. The van der Waals surface area contributed by atoms with E-state index in [1.54, 1.807) is 6.92 Å². The van der Waals surface area contributed by atoms with Crippen LogP contribution in [0, 0.1) is 10.8 Å². The van der Waals surface area contributed by atoms with Crippen LogP contribution in [0.15, 0.2) is 22.8 Å². The first kappa shape index (κ1) is 13.2. The van der Waals surface area contributed by atoms with E-state index in [1.807, 2.05) is 0 Å². The van der Waals surface area contributed by atoms with Gasteiger partial charge < -0.3 is 0 Å². The summed E-state index contributed by atoms with van der Waals surface area (Å²) in [6.07, 6.45) is 3.21. The zero-order valence-electron chi connectivity index (χ0n) is 11.7. The summed E-state index contributed by atoms with van der Waals surface area (Å²) >= 11 is 0. The largest absolute Gasteiger partial charge is 0.295 e. The van der Waals surface area contributed by atoms with E-state index < -0.39 is 0 Å². The van der Waals surface area contributed by atoms with E-state index in [1.165, 1.54) is 11.1 Å². The van der Waals surface area contributed by atoms with Gasteiger partial charge in [-0.3, -0.25) is 4.79 Å². The van der Waals surface area contributed by atoms with Crippen molar-refractivity contribution in [2.75, 3.05) is 0 Å². The second kappa shape index (κ2) is 3.87. The Morgan fingerprint density at radius 2 is 1.75 bits per heavy atom. The first-order valence-electron chi connectivity index (χ1n) is 6.09. The molecule has 0 N–H and O–H groups in total. The molecule has 0 atom stereocenters. The summed E-state index contributed by atoms with van der Waals surface area (Å²) in [5, 5.41) is 0. The van der Waals surface area contributed by atoms with Crippen molar-refractivity contribution in [3.05, 3.63) is 22.8 Å². The lowest BCUT2D eigenvalue weighted by molar-refractivity contribution is -0.114. The summed E-state index contributed by atoms with van der Waals surface area (Å²) in [5.41, 5.74) is 3.62. The maximum atomic E-state index is 11.9. The Labute approximate surface area is 99.6 Å². The van der Waals surface area contributed by atoms with Gasteiger partial charge in [-0.05, 0) is 20.3 Å². The summed E-state index contributed by atoms with van der Waals surface area (Å²) in [6.45, 7) is 14.7. The second-order valence-corrected chi connectivity index (χ2v) is 5.94. The maximum Gasteiger partial charge on any atom is 0.156 e. The van der Waals surface area contributed by atoms with Crippen molar-refractivity contribution in [2.24, 2.45) is 10.8 Å². The lowest BCUT2D eigenvalue weighted by Crippen LogP contribution is -2.32. The van der Waals surface area contributed by atoms with E-state index in [4.69, 9.17) is 0 Å². The van der Waals surface area contributed by atoms with Crippen molar-refractivity contribution in [3.63, 3.8) is 0 Å². The molecule has 0 heterocycles. The van der Waals surface area contributed by atoms with Crippen molar-refractivity contribution in [2.45, 2.75) is 54.9 Å². The van der Waals surface area contributed by atoms with Crippen LogP contribution in [-0.4, -0.2) is 5.78 Å². The van der Waals surface area contributed by atoms with Crippen molar-refractivity contribution >= 4 is 5.78 Å². The summed E-state index contributed by atoms with van der Waals surface area (Å²) in [4.78, 5) is 11.9. The SMILES string of the molecule is CCC1=C(C(C)=O)C(C)(C)C=C(C)C1(C)C. The minimum Gasteiger partial charge on any atom is -0.295 e. The summed E-state index contributed by atoms with van der Waals surface area (Å²) in [6, 6.07) is 0. The molecule has 90 valence electrons. The van der Waals surface area contributed by atoms with Crippen LogP contribution in [0.4, 0.5) is 0 Å². The fourth-order valence-corrected chi connectivity index (χ4v) is 3.02. The predicted molar refractivity (Wildman–Crippen MR) is 69.3 cm³/mol. The lowest BCUT2D eigenvalue weighted by Gasteiger charge is -2.41. The Bertz CT molecular complexity index is 378. The molecule has 0 unspecified atom stereocenters. The number of hydrogen-bond acceptors (Lipinski definition) is 1. The molecule has 16 heavy (non-hydrogen) atoms. The molecule has 0 fully saturated rings. The second-order valence-electron chi connectivity index (χ2n) is 5.94. The summed E-state index contributed by atoms with van der Waals surface area (Å²) in [7, 11) is 0. The van der Waals surface area contributed by atoms with E-state index in [9.17, 15) is 4.79 Å². The highest BCUT2D eigenvalue weighted by Crippen LogP contribution is 2.49. The average Bonchev–Trinajstić information content (AvgIpc) is 2.09. The number of carbonyl (C=O) groups is 1. The number of allylic oxidation sites excluding steroid dienone is 4. The van der Waals surface area contributed by atoms with Crippen molar-refractivity contribution in [1.29, 1.82) is 0 Å². The van der Waals surface area contributed by atoms with Gasteiger partial charge in [0.05, 0.1) is 0 Å². The Hall–Kier alpha value is -0.850. The Kier molecular flexibility index (Phi) is 3.20. The minimum absolute atomic E-state index is 0.0330. The van der Waals surface area contributed by atoms with Crippen molar-refractivity contribution in [3.8, 4) is 0 Å². The Morgan fingerprint density at radius 1 is 1.25 bits per heavy atom. The molecule has 0 spiro atoms. The van der Waals surface area contributed by atoms with Crippen molar-refractivity contribution < 1.29 is 4.79 Å². The standard InChI is InChI=1S/C15H24O/c1-8-12-13(11(3)16)14(4,5)9-10(2)15(12,6)7/h9H,8H2,1-7H3. The third kappa shape index (κ3) is 1.88. The van der Waals surface area contributed by atoms with Gasteiger partial charge in [-0.1, -0.05) is 51.8 Å². The van der Waals surface area contributed by atoms with E-state index in [0.717, 1.165) is 12.0 Å². The van der Waals surface area contributed by atoms with Gasteiger partial charge >= 0.3 is 0 Å². The molecule has 1 aliphatic rings. The van der Waals surface area contributed by atoms with Gasteiger partial charge in [0, 0.05) is 16.4 Å². The fourth-order valence-electron chi connectivity index (χ4n) is 3.02. The van der Waals surface area contributed by atoms with Crippen LogP contribution in [-0.2, 0) is 4.79 Å². The van der Waals surface area contributed by atoms with Crippen LogP contribution < -0.4 is 0 Å². The highest BCUT2D eigenvalue weighted by molar-refractivity contribution is 5.96. The molecule has 1 rings (SSSR count). The maximum absolute atomic E-state index is 11.9. The molecule has 0 aliphatic heterocycles. The van der Waals surface area contributed by atoms with Crippen LogP contribution in [0.3, 0.4) is 0 Å². The Balaban J connectivity index is 3.52. The molecule has 0 saturated heterocycles. The molecule has 1 heteroatoms. The van der Waals surface area contributed by atoms with Crippen LogP contribution in [0.1, 0.15) is 54.9 Å². The monoisotopic (exact) mass is 220 g/mol. The zero-order valence-corrected chi connectivity index (χ0v) is 11.7. The van der Waals surface area contributed by atoms with Gasteiger partial charge in [-0.15, -0.1) is 0 Å². The topological polar surface area (TPSA) is 17.1 Å². The van der Waals surface area contributed by atoms with Gasteiger partial charge in [0.1, 0.15) is 0 Å². The first-order valence-corrected chi connectivity index (χ1v) is 6.09. The van der Waals surface area contributed by atoms with Gasteiger partial charge in [0.25, 0.3) is 0 Å².